The molecule has 0 unspecified atom stereocenters. The first-order chi connectivity index (χ1) is 13.6. The first kappa shape index (κ1) is 20.8. The molecule has 0 saturated heterocycles. The first-order valence-electron chi connectivity index (χ1n) is 9.68. The Kier molecular flexibility index (Phi) is 6.49. The second-order valence-electron chi connectivity index (χ2n) is 7.12. The molecular weight excluding hydrogens is 382 g/mol. The van der Waals surface area contributed by atoms with Gasteiger partial charge in [0.25, 0.3) is 0 Å². The van der Waals surface area contributed by atoms with E-state index in [2.05, 4.69) is 65.9 Å². The van der Waals surface area contributed by atoms with Crippen molar-refractivity contribution in [2.24, 2.45) is 0 Å². The van der Waals surface area contributed by atoms with Gasteiger partial charge in [-0.05, 0) is 36.6 Å². The Morgan fingerprint density at radius 1 is 1.07 bits per heavy atom. The fourth-order valence-electron chi connectivity index (χ4n) is 3.51. The molecule has 0 fully saturated rings. The molecule has 6 heteroatoms. The zero-order valence-corrected chi connectivity index (χ0v) is 17.9. The number of allylic oxidation sites excluding steroid dienone is 1. The van der Waals surface area contributed by atoms with E-state index in [9.17, 15) is 0 Å². The van der Waals surface area contributed by atoms with Gasteiger partial charge in [-0.15, -0.1) is 12.4 Å². The average Bonchev–Trinajstić information content (AvgIpc) is 3.32. The molecule has 0 saturated carbocycles. The molecule has 0 spiro atoms. The molecule has 0 radical (unpaired) electrons. The quantitative estimate of drug-likeness (QED) is 0.452. The first-order valence-corrected chi connectivity index (χ1v) is 9.68. The lowest BCUT2D eigenvalue weighted by molar-refractivity contribution is 0.745. The average molecular weight is 408 g/mol. The summed E-state index contributed by atoms with van der Waals surface area (Å²) in [7, 11) is 0. The van der Waals surface area contributed by atoms with Gasteiger partial charge >= 0.3 is 0 Å². The second-order valence-corrected chi connectivity index (χ2v) is 7.12. The Labute approximate surface area is 177 Å². The molecule has 0 aliphatic heterocycles. The van der Waals surface area contributed by atoms with Crippen molar-refractivity contribution in [3.63, 3.8) is 0 Å². The summed E-state index contributed by atoms with van der Waals surface area (Å²) >= 11 is 0. The van der Waals surface area contributed by atoms with Crippen molar-refractivity contribution in [1.82, 2.24) is 24.1 Å². The largest absolute Gasteiger partial charge is 0.334 e. The van der Waals surface area contributed by atoms with E-state index < -0.39 is 0 Å². The highest BCUT2D eigenvalue weighted by Crippen LogP contribution is 2.21. The van der Waals surface area contributed by atoms with Crippen LogP contribution in [0.5, 0.6) is 0 Å². The Morgan fingerprint density at radius 3 is 2.55 bits per heavy atom. The lowest BCUT2D eigenvalue weighted by Crippen LogP contribution is -2.05. The van der Waals surface area contributed by atoms with E-state index in [4.69, 9.17) is 9.97 Å². The van der Waals surface area contributed by atoms with Crippen molar-refractivity contribution >= 4 is 29.6 Å². The van der Waals surface area contributed by atoms with Crippen molar-refractivity contribution in [1.29, 1.82) is 0 Å². The monoisotopic (exact) mass is 407 g/mol. The van der Waals surface area contributed by atoms with Gasteiger partial charge in [0, 0.05) is 31.1 Å². The zero-order valence-electron chi connectivity index (χ0n) is 17.0. The number of imidazole rings is 2. The van der Waals surface area contributed by atoms with Crippen LogP contribution in [0.1, 0.15) is 35.1 Å². The number of fused-ring (bicyclic) bond motifs is 1. The standard InChI is InChI=1S/C23H25N5.ClH/c1-4-21-26-22-17(2)14-18(3)25-23(22)28(21)15-20-9-7-19(8-10-20)6-5-12-27-13-11-24-16-27;/h5-11,13-14,16H,4,12,15H2,1-3H3;1H/b6-5+;. The summed E-state index contributed by atoms with van der Waals surface area (Å²) in [6.45, 7) is 7.91. The van der Waals surface area contributed by atoms with Gasteiger partial charge in [-0.1, -0.05) is 43.3 Å². The molecule has 0 atom stereocenters. The van der Waals surface area contributed by atoms with Gasteiger partial charge in [-0.3, -0.25) is 0 Å². The van der Waals surface area contributed by atoms with Crippen LogP contribution in [0.15, 0.2) is 55.1 Å². The number of hydrogen-bond donors (Lipinski definition) is 0. The summed E-state index contributed by atoms with van der Waals surface area (Å²) in [5.74, 6) is 1.08. The van der Waals surface area contributed by atoms with E-state index in [1.807, 2.05) is 24.0 Å². The fourth-order valence-corrected chi connectivity index (χ4v) is 3.51. The maximum Gasteiger partial charge on any atom is 0.160 e. The topological polar surface area (TPSA) is 48.5 Å². The highest BCUT2D eigenvalue weighted by molar-refractivity contribution is 5.85. The molecule has 0 aliphatic rings. The van der Waals surface area contributed by atoms with Crippen molar-refractivity contribution in [2.75, 3.05) is 0 Å². The van der Waals surface area contributed by atoms with Crippen LogP contribution in [0, 0.1) is 13.8 Å². The third-order valence-electron chi connectivity index (χ3n) is 4.92. The number of pyridine rings is 1. The van der Waals surface area contributed by atoms with Gasteiger partial charge in [0.15, 0.2) is 5.65 Å². The Balaban J connectivity index is 0.00000240. The zero-order chi connectivity index (χ0) is 19.5. The molecule has 4 aromatic rings. The number of hydrogen-bond acceptors (Lipinski definition) is 3. The van der Waals surface area contributed by atoms with Gasteiger partial charge in [-0.2, -0.15) is 0 Å². The van der Waals surface area contributed by atoms with Crippen LogP contribution in [0.4, 0.5) is 0 Å². The number of nitrogens with zero attached hydrogens (tertiary/aromatic N) is 5. The Bertz CT molecular complexity index is 1110. The predicted octanol–water partition coefficient (Wildman–Crippen LogP) is 4.99. The lowest BCUT2D eigenvalue weighted by Gasteiger charge is -2.09. The van der Waals surface area contributed by atoms with Crippen LogP contribution in [-0.4, -0.2) is 24.1 Å². The van der Waals surface area contributed by atoms with E-state index in [1.54, 1.807) is 6.20 Å². The number of aryl methyl sites for hydroxylation is 3. The molecule has 150 valence electrons. The van der Waals surface area contributed by atoms with E-state index in [0.717, 1.165) is 42.2 Å². The molecule has 3 aromatic heterocycles. The van der Waals surface area contributed by atoms with Crippen molar-refractivity contribution in [3.8, 4) is 0 Å². The van der Waals surface area contributed by atoms with Gasteiger partial charge < -0.3 is 9.13 Å². The molecule has 1 aromatic carbocycles. The molecule has 3 heterocycles. The van der Waals surface area contributed by atoms with Crippen LogP contribution >= 0.6 is 12.4 Å². The summed E-state index contributed by atoms with van der Waals surface area (Å²) in [6, 6.07) is 10.8. The summed E-state index contributed by atoms with van der Waals surface area (Å²) in [6.07, 6.45) is 10.8. The minimum Gasteiger partial charge on any atom is -0.334 e. The highest BCUT2D eigenvalue weighted by atomic mass is 35.5. The van der Waals surface area contributed by atoms with Gasteiger partial charge in [0.05, 0.1) is 12.9 Å². The Hall–Kier alpha value is -2.92. The molecule has 29 heavy (non-hydrogen) atoms. The van der Waals surface area contributed by atoms with Crippen LogP contribution in [0.2, 0.25) is 0 Å². The third-order valence-corrected chi connectivity index (χ3v) is 4.92. The van der Waals surface area contributed by atoms with Crippen LogP contribution in [-0.2, 0) is 19.5 Å². The smallest absolute Gasteiger partial charge is 0.160 e. The van der Waals surface area contributed by atoms with Gasteiger partial charge in [0.1, 0.15) is 11.3 Å². The minimum absolute atomic E-state index is 0. The minimum atomic E-state index is 0. The maximum atomic E-state index is 4.83. The summed E-state index contributed by atoms with van der Waals surface area (Å²) in [5, 5.41) is 0. The van der Waals surface area contributed by atoms with E-state index in [0.29, 0.717) is 0 Å². The summed E-state index contributed by atoms with van der Waals surface area (Å²) < 4.78 is 4.29. The number of halogens is 1. The van der Waals surface area contributed by atoms with Crippen LogP contribution in [0.25, 0.3) is 17.2 Å². The molecule has 5 nitrogen and oxygen atoms in total. The molecule has 4 rings (SSSR count). The van der Waals surface area contributed by atoms with Gasteiger partial charge in [-0.25, -0.2) is 15.0 Å². The van der Waals surface area contributed by atoms with E-state index in [-0.39, 0.29) is 12.4 Å². The maximum absolute atomic E-state index is 4.83. The number of aromatic nitrogens is 5. The number of rotatable bonds is 6. The van der Waals surface area contributed by atoms with E-state index in [1.165, 1.54) is 16.7 Å². The van der Waals surface area contributed by atoms with Crippen molar-refractivity contribution in [3.05, 3.63) is 83.3 Å². The lowest BCUT2D eigenvalue weighted by atomic mass is 10.1. The molecule has 0 bridgehead atoms. The van der Waals surface area contributed by atoms with Crippen molar-refractivity contribution in [2.45, 2.75) is 40.3 Å². The van der Waals surface area contributed by atoms with Crippen LogP contribution < -0.4 is 0 Å². The number of benzene rings is 1. The fraction of sp³-hybridized carbons (Fsp3) is 0.261. The van der Waals surface area contributed by atoms with Crippen molar-refractivity contribution < 1.29 is 0 Å². The highest BCUT2D eigenvalue weighted by Gasteiger charge is 2.13. The summed E-state index contributed by atoms with van der Waals surface area (Å²) in [4.78, 5) is 13.7. The summed E-state index contributed by atoms with van der Waals surface area (Å²) in [5.41, 5.74) is 6.67. The normalized spacial score (nSPS) is 11.3. The van der Waals surface area contributed by atoms with Crippen LogP contribution in [0.3, 0.4) is 0 Å². The predicted molar refractivity (Wildman–Crippen MR) is 120 cm³/mol. The second kappa shape index (κ2) is 9.05. The molecule has 0 amide bonds. The Morgan fingerprint density at radius 2 is 1.86 bits per heavy atom. The third kappa shape index (κ3) is 4.57. The van der Waals surface area contributed by atoms with E-state index >= 15 is 0 Å². The molecular formula is C23H26ClN5. The SMILES string of the molecule is CCc1nc2c(C)cc(C)nc2n1Cc1ccc(/C=C/Cn2ccnc2)cc1.Cl. The van der Waals surface area contributed by atoms with Gasteiger partial charge in [0.2, 0.25) is 0 Å². The molecule has 0 N–H and O–H groups in total. The molecule has 0 aliphatic carbocycles.